The predicted octanol–water partition coefficient (Wildman–Crippen LogP) is 5.15. The van der Waals surface area contributed by atoms with Crippen LogP contribution in [0.15, 0.2) is 30.5 Å². The molecular formula is C24H34F2N4OS. The van der Waals surface area contributed by atoms with E-state index in [4.69, 9.17) is 0 Å². The number of hydrogen-bond donors (Lipinski definition) is 2. The lowest BCUT2D eigenvalue weighted by molar-refractivity contribution is 0.0580. The number of likely N-dealkylation sites (tertiary alicyclic amines) is 1. The Hall–Kier alpha value is -2.06. The summed E-state index contributed by atoms with van der Waals surface area (Å²) in [5, 5.41) is 5.00. The monoisotopic (exact) mass is 464 g/mol. The molecule has 0 saturated carbocycles. The summed E-state index contributed by atoms with van der Waals surface area (Å²) in [6, 6.07) is 6.67. The molecule has 1 unspecified atom stereocenters. The van der Waals surface area contributed by atoms with E-state index in [0.717, 1.165) is 27.5 Å². The third kappa shape index (κ3) is 5.64. The van der Waals surface area contributed by atoms with E-state index in [2.05, 4.69) is 40.4 Å². The molecule has 2 N–H and O–H groups in total. The highest BCUT2D eigenvalue weighted by Crippen LogP contribution is 2.44. The van der Waals surface area contributed by atoms with Gasteiger partial charge >= 0.3 is 6.03 Å². The molecule has 0 spiro atoms. The second-order valence-corrected chi connectivity index (χ2v) is 10.7. The van der Waals surface area contributed by atoms with Gasteiger partial charge in [-0.2, -0.15) is 4.39 Å². The maximum absolute atomic E-state index is 15.7. The molecular weight excluding hydrogens is 430 g/mol. The quantitative estimate of drug-likeness (QED) is 0.531. The number of hydrogen-bond acceptors (Lipinski definition) is 4. The van der Waals surface area contributed by atoms with Crippen LogP contribution < -0.4 is 10.6 Å². The van der Waals surface area contributed by atoms with Crippen molar-refractivity contribution in [2.75, 3.05) is 13.1 Å². The first kappa shape index (κ1) is 24.6. The Balaban J connectivity index is 1.80. The maximum atomic E-state index is 15.7. The van der Waals surface area contributed by atoms with E-state index in [1.807, 2.05) is 33.0 Å². The summed E-state index contributed by atoms with van der Waals surface area (Å²) in [6.45, 7) is 11.1. The molecule has 5 nitrogen and oxygen atoms in total. The fourth-order valence-corrected chi connectivity index (χ4v) is 5.08. The Morgan fingerprint density at radius 2 is 2.03 bits per heavy atom. The van der Waals surface area contributed by atoms with Crippen LogP contribution in [-0.4, -0.2) is 41.3 Å². The van der Waals surface area contributed by atoms with E-state index in [1.54, 1.807) is 6.07 Å². The average molecular weight is 465 g/mol. The normalized spacial score (nSPS) is 20.5. The SMILES string of the molecule is Cc1ccc(C(C)(C)N2CCC(CCc3ccc(F)s3)([C@@H](F)NC(=O)NC(C)C)C2)cn1. The summed E-state index contributed by atoms with van der Waals surface area (Å²) < 4.78 is 29.2. The van der Waals surface area contributed by atoms with Crippen molar-refractivity contribution < 1.29 is 13.6 Å². The molecule has 1 fully saturated rings. The third-order valence-corrected chi connectivity index (χ3v) is 7.44. The lowest BCUT2D eigenvalue weighted by Gasteiger charge is -2.39. The van der Waals surface area contributed by atoms with Crippen molar-refractivity contribution in [3.63, 3.8) is 0 Å². The lowest BCUT2D eigenvalue weighted by atomic mass is 9.80. The number of nitrogens with one attached hydrogen (secondary N) is 2. The van der Waals surface area contributed by atoms with Gasteiger partial charge in [-0.05, 0) is 84.2 Å². The van der Waals surface area contributed by atoms with Gasteiger partial charge in [0.1, 0.15) is 0 Å². The van der Waals surface area contributed by atoms with Gasteiger partial charge in [-0.25, -0.2) is 9.18 Å². The summed E-state index contributed by atoms with van der Waals surface area (Å²) in [5.74, 6) is 0. The Bertz CT molecular complexity index is 915. The molecule has 0 aliphatic carbocycles. The minimum atomic E-state index is -1.51. The molecule has 2 aromatic rings. The number of carbonyl (C=O) groups excluding carboxylic acids is 1. The van der Waals surface area contributed by atoms with Gasteiger partial charge in [0.25, 0.3) is 0 Å². The van der Waals surface area contributed by atoms with Crippen LogP contribution in [0.2, 0.25) is 0 Å². The minimum absolute atomic E-state index is 0.0831. The predicted molar refractivity (Wildman–Crippen MR) is 125 cm³/mol. The smallest absolute Gasteiger partial charge is 0.317 e. The summed E-state index contributed by atoms with van der Waals surface area (Å²) in [6.07, 6.45) is 2.07. The second-order valence-electron chi connectivity index (χ2n) is 9.62. The number of aryl methyl sites for hydroxylation is 2. The fraction of sp³-hybridized carbons (Fsp3) is 0.583. The first-order valence-corrected chi connectivity index (χ1v) is 12.0. The molecule has 0 radical (unpaired) electrons. The van der Waals surface area contributed by atoms with Gasteiger partial charge in [0.2, 0.25) is 0 Å². The van der Waals surface area contributed by atoms with Gasteiger partial charge in [0.05, 0.1) is 0 Å². The van der Waals surface area contributed by atoms with E-state index in [1.165, 1.54) is 6.07 Å². The van der Waals surface area contributed by atoms with Crippen LogP contribution >= 0.6 is 11.3 Å². The van der Waals surface area contributed by atoms with E-state index < -0.39 is 17.7 Å². The van der Waals surface area contributed by atoms with Crippen molar-refractivity contribution in [3.8, 4) is 0 Å². The average Bonchev–Trinajstić information content (AvgIpc) is 3.33. The Morgan fingerprint density at radius 3 is 2.62 bits per heavy atom. The topological polar surface area (TPSA) is 57.3 Å². The molecule has 176 valence electrons. The van der Waals surface area contributed by atoms with Gasteiger partial charge in [-0.1, -0.05) is 6.07 Å². The summed E-state index contributed by atoms with van der Waals surface area (Å²) in [4.78, 5) is 19.8. The second kappa shape index (κ2) is 9.83. The number of pyridine rings is 1. The number of rotatable bonds is 8. The highest BCUT2D eigenvalue weighted by Gasteiger charge is 2.49. The number of carbonyl (C=O) groups is 1. The zero-order chi connectivity index (χ0) is 23.5. The molecule has 2 amide bonds. The number of aromatic nitrogens is 1. The van der Waals surface area contributed by atoms with Gasteiger partial charge in [0.15, 0.2) is 11.4 Å². The maximum Gasteiger partial charge on any atom is 0.317 e. The molecule has 8 heteroatoms. The van der Waals surface area contributed by atoms with Gasteiger partial charge in [-0.15, -0.1) is 11.3 Å². The van der Waals surface area contributed by atoms with Crippen LogP contribution in [0.4, 0.5) is 13.6 Å². The van der Waals surface area contributed by atoms with Crippen molar-refractivity contribution in [1.82, 2.24) is 20.5 Å². The standard InChI is InChI=1S/C24H34F2N4OS/c1-16(2)28-22(31)29-21(26)24(11-10-19-8-9-20(25)32-19)12-13-30(15-24)23(4,5)18-7-6-17(3)27-14-18/h6-9,14,16,21H,10-13,15H2,1-5H3,(H2,28,29,31)/t21-,24?/m0/s1. The van der Waals surface area contributed by atoms with E-state index >= 15 is 4.39 Å². The largest absolute Gasteiger partial charge is 0.336 e. The Kier molecular flexibility index (Phi) is 7.55. The number of halogens is 2. The molecule has 32 heavy (non-hydrogen) atoms. The van der Waals surface area contributed by atoms with Crippen LogP contribution in [0.5, 0.6) is 0 Å². The first-order chi connectivity index (χ1) is 15.0. The molecule has 1 aliphatic rings. The van der Waals surface area contributed by atoms with Gasteiger partial charge in [-0.3, -0.25) is 9.88 Å². The van der Waals surface area contributed by atoms with E-state index in [-0.39, 0.29) is 16.7 Å². The highest BCUT2D eigenvalue weighted by molar-refractivity contribution is 7.10. The Morgan fingerprint density at radius 1 is 1.28 bits per heavy atom. The number of urea groups is 1. The van der Waals surface area contributed by atoms with Crippen LogP contribution in [-0.2, 0) is 12.0 Å². The van der Waals surface area contributed by atoms with Crippen molar-refractivity contribution >= 4 is 17.4 Å². The third-order valence-electron chi connectivity index (χ3n) is 6.51. The first-order valence-electron chi connectivity index (χ1n) is 11.2. The van der Waals surface area contributed by atoms with Crippen LogP contribution in [0.3, 0.4) is 0 Å². The number of amides is 2. The fourth-order valence-electron chi connectivity index (χ4n) is 4.35. The van der Waals surface area contributed by atoms with Gasteiger partial charge in [0, 0.05) is 40.3 Å². The summed E-state index contributed by atoms with van der Waals surface area (Å²) in [5.41, 5.74) is 0.925. The molecule has 2 aromatic heterocycles. The summed E-state index contributed by atoms with van der Waals surface area (Å²) >= 11 is 1.10. The highest BCUT2D eigenvalue weighted by atomic mass is 32.1. The molecule has 0 bridgehead atoms. The number of nitrogens with zero attached hydrogens (tertiary/aromatic N) is 2. The van der Waals surface area contributed by atoms with E-state index in [0.29, 0.717) is 32.4 Å². The summed E-state index contributed by atoms with van der Waals surface area (Å²) in [7, 11) is 0. The van der Waals surface area contributed by atoms with Crippen molar-refractivity contribution in [2.24, 2.45) is 5.41 Å². The molecule has 1 aliphatic heterocycles. The Labute approximate surface area is 193 Å². The molecule has 1 saturated heterocycles. The number of thiophene rings is 1. The van der Waals surface area contributed by atoms with Crippen LogP contribution in [0.25, 0.3) is 0 Å². The number of alkyl halides is 1. The van der Waals surface area contributed by atoms with Crippen molar-refractivity contribution in [1.29, 1.82) is 0 Å². The lowest BCUT2D eigenvalue weighted by Crippen LogP contribution is -2.52. The molecule has 3 rings (SSSR count). The minimum Gasteiger partial charge on any atom is -0.336 e. The van der Waals surface area contributed by atoms with Gasteiger partial charge < -0.3 is 10.6 Å². The molecule has 2 atom stereocenters. The zero-order valence-electron chi connectivity index (χ0n) is 19.5. The van der Waals surface area contributed by atoms with Crippen molar-refractivity contribution in [2.45, 2.75) is 71.8 Å². The van der Waals surface area contributed by atoms with E-state index in [9.17, 15) is 9.18 Å². The zero-order valence-corrected chi connectivity index (χ0v) is 20.4. The molecule has 3 heterocycles. The van der Waals surface area contributed by atoms with Crippen molar-refractivity contribution in [3.05, 3.63) is 51.7 Å². The molecule has 0 aromatic carbocycles. The van der Waals surface area contributed by atoms with Crippen LogP contribution in [0, 0.1) is 17.5 Å². The van der Waals surface area contributed by atoms with Crippen LogP contribution in [0.1, 0.15) is 56.7 Å².